The van der Waals surface area contributed by atoms with E-state index < -0.39 is 6.04 Å². The average Bonchev–Trinajstić information content (AvgIpc) is 2.72. The lowest BCUT2D eigenvalue weighted by Crippen LogP contribution is -2.47. The first-order valence-corrected chi connectivity index (χ1v) is 7.73. The van der Waals surface area contributed by atoms with Gasteiger partial charge in [-0.2, -0.15) is 0 Å². The molecular formula is C17H19N3O3. The minimum atomic E-state index is -0.513. The van der Waals surface area contributed by atoms with Crippen molar-refractivity contribution >= 4 is 22.6 Å². The van der Waals surface area contributed by atoms with Gasteiger partial charge in [0, 0.05) is 24.7 Å². The maximum atomic E-state index is 12.6. The summed E-state index contributed by atoms with van der Waals surface area (Å²) in [5, 5.41) is 4.22. The van der Waals surface area contributed by atoms with E-state index in [2.05, 4.69) is 5.32 Å². The number of rotatable bonds is 2. The van der Waals surface area contributed by atoms with Crippen LogP contribution >= 0.6 is 0 Å². The molecule has 1 saturated heterocycles. The first-order chi connectivity index (χ1) is 11.1. The highest BCUT2D eigenvalue weighted by atomic mass is 16.2. The molecule has 3 rings (SSSR count). The molecule has 1 atom stereocenters. The van der Waals surface area contributed by atoms with Crippen molar-refractivity contribution in [1.82, 2.24) is 14.8 Å². The van der Waals surface area contributed by atoms with Gasteiger partial charge in [-0.3, -0.25) is 14.4 Å². The average molecular weight is 313 g/mol. The Morgan fingerprint density at radius 2 is 2.04 bits per heavy atom. The van der Waals surface area contributed by atoms with E-state index >= 15 is 0 Å². The highest BCUT2D eigenvalue weighted by Crippen LogP contribution is 2.10. The molecule has 1 fully saturated rings. The second kappa shape index (κ2) is 6.24. The first kappa shape index (κ1) is 15.3. The third kappa shape index (κ3) is 2.97. The summed E-state index contributed by atoms with van der Waals surface area (Å²) in [7, 11) is 0. The molecule has 0 radical (unpaired) electrons. The molecule has 0 unspecified atom stereocenters. The number of aromatic nitrogens is 1. The Morgan fingerprint density at radius 3 is 2.87 bits per heavy atom. The second-order valence-electron chi connectivity index (χ2n) is 5.74. The summed E-state index contributed by atoms with van der Waals surface area (Å²) in [5.41, 5.74) is -0.191. The van der Waals surface area contributed by atoms with Crippen molar-refractivity contribution < 1.29 is 9.59 Å². The number of nitrogens with zero attached hydrogens (tertiary/aromatic N) is 2. The summed E-state index contributed by atoms with van der Waals surface area (Å²) in [6.07, 6.45) is 2.35. The van der Waals surface area contributed by atoms with Crippen molar-refractivity contribution in [3.63, 3.8) is 0 Å². The molecule has 0 saturated carbocycles. The monoisotopic (exact) mass is 313 g/mol. The van der Waals surface area contributed by atoms with Crippen LogP contribution in [0.3, 0.4) is 0 Å². The van der Waals surface area contributed by atoms with Crippen LogP contribution in [-0.2, 0) is 16.1 Å². The van der Waals surface area contributed by atoms with Gasteiger partial charge in [-0.15, -0.1) is 0 Å². The van der Waals surface area contributed by atoms with Crippen LogP contribution in [0.5, 0.6) is 0 Å². The lowest BCUT2D eigenvalue weighted by molar-refractivity contribution is -0.139. The maximum absolute atomic E-state index is 12.6. The number of fused-ring (bicyclic) bond motifs is 1. The van der Waals surface area contributed by atoms with Crippen molar-refractivity contribution in [3.05, 3.63) is 46.9 Å². The van der Waals surface area contributed by atoms with Gasteiger partial charge in [0.15, 0.2) is 0 Å². The van der Waals surface area contributed by atoms with Gasteiger partial charge in [0.1, 0.15) is 12.6 Å². The number of carbonyl (C=O) groups excluding carboxylic acids is 2. The van der Waals surface area contributed by atoms with Gasteiger partial charge >= 0.3 is 0 Å². The topological polar surface area (TPSA) is 71.4 Å². The molecule has 120 valence electrons. The molecule has 1 N–H and O–H groups in total. The Bertz CT molecular complexity index is 812. The Labute approximate surface area is 133 Å². The van der Waals surface area contributed by atoms with Gasteiger partial charge in [-0.1, -0.05) is 18.2 Å². The Kier molecular flexibility index (Phi) is 4.14. The Balaban J connectivity index is 1.86. The predicted octanol–water partition coefficient (Wildman–Crippen LogP) is 0.738. The van der Waals surface area contributed by atoms with Gasteiger partial charge in [0.2, 0.25) is 11.8 Å². The number of pyridine rings is 1. The highest BCUT2D eigenvalue weighted by Gasteiger charge is 2.27. The fraction of sp³-hybridized carbons (Fsp3) is 0.353. The van der Waals surface area contributed by atoms with E-state index in [1.165, 1.54) is 4.57 Å². The number of amides is 2. The minimum absolute atomic E-state index is 0.0543. The zero-order chi connectivity index (χ0) is 16.4. The lowest BCUT2D eigenvalue weighted by Gasteiger charge is -2.25. The predicted molar refractivity (Wildman–Crippen MR) is 87.0 cm³/mol. The molecule has 1 aromatic heterocycles. The number of nitrogens with one attached hydrogen (secondary N) is 1. The molecule has 2 amide bonds. The highest BCUT2D eigenvalue weighted by molar-refractivity contribution is 5.88. The summed E-state index contributed by atoms with van der Waals surface area (Å²) in [6, 6.07) is 8.60. The van der Waals surface area contributed by atoms with Crippen molar-refractivity contribution in [2.45, 2.75) is 25.9 Å². The molecule has 1 aliphatic heterocycles. The third-order valence-electron chi connectivity index (χ3n) is 4.23. The maximum Gasteiger partial charge on any atom is 0.258 e. The van der Waals surface area contributed by atoms with Crippen LogP contribution in [0.4, 0.5) is 0 Å². The van der Waals surface area contributed by atoms with Crippen LogP contribution < -0.4 is 10.9 Å². The van der Waals surface area contributed by atoms with Gasteiger partial charge in [0.05, 0.1) is 0 Å². The number of carbonyl (C=O) groups is 2. The van der Waals surface area contributed by atoms with Crippen LogP contribution in [0.25, 0.3) is 10.8 Å². The number of benzene rings is 1. The molecule has 1 aliphatic rings. The fourth-order valence-corrected chi connectivity index (χ4v) is 2.88. The summed E-state index contributed by atoms with van der Waals surface area (Å²) in [5.74, 6) is -0.367. The number of hydrogen-bond acceptors (Lipinski definition) is 3. The third-order valence-corrected chi connectivity index (χ3v) is 4.23. The summed E-state index contributed by atoms with van der Waals surface area (Å²) >= 11 is 0. The molecule has 0 spiro atoms. The van der Waals surface area contributed by atoms with Gasteiger partial charge in [-0.25, -0.2) is 0 Å². The summed E-state index contributed by atoms with van der Waals surface area (Å²) in [4.78, 5) is 38.4. The van der Waals surface area contributed by atoms with Crippen LogP contribution in [0, 0.1) is 0 Å². The van der Waals surface area contributed by atoms with Crippen molar-refractivity contribution in [2.24, 2.45) is 0 Å². The SMILES string of the molecule is C[C@H]1C(=O)NCCCN1C(=O)Cn1ccc2ccccc2c1=O. The van der Waals surface area contributed by atoms with Gasteiger partial charge < -0.3 is 14.8 Å². The van der Waals surface area contributed by atoms with Crippen LogP contribution in [0.2, 0.25) is 0 Å². The molecular weight excluding hydrogens is 294 g/mol. The fourth-order valence-electron chi connectivity index (χ4n) is 2.88. The Morgan fingerprint density at radius 1 is 1.26 bits per heavy atom. The molecule has 6 heteroatoms. The zero-order valence-electron chi connectivity index (χ0n) is 13.0. The molecule has 0 bridgehead atoms. The normalized spacial score (nSPS) is 18.6. The van der Waals surface area contributed by atoms with E-state index in [9.17, 15) is 14.4 Å². The van der Waals surface area contributed by atoms with Crippen LogP contribution in [0.15, 0.2) is 41.3 Å². The Hall–Kier alpha value is -2.63. The quantitative estimate of drug-likeness (QED) is 0.889. The van der Waals surface area contributed by atoms with Crippen molar-refractivity contribution in [2.75, 3.05) is 13.1 Å². The number of hydrogen-bond donors (Lipinski definition) is 1. The van der Waals surface area contributed by atoms with Crippen molar-refractivity contribution in [1.29, 1.82) is 0 Å². The molecule has 6 nitrogen and oxygen atoms in total. The van der Waals surface area contributed by atoms with E-state index in [1.54, 1.807) is 30.2 Å². The van der Waals surface area contributed by atoms with E-state index in [0.717, 1.165) is 5.39 Å². The van der Waals surface area contributed by atoms with E-state index in [1.807, 2.05) is 18.2 Å². The van der Waals surface area contributed by atoms with E-state index in [-0.39, 0.29) is 23.9 Å². The largest absolute Gasteiger partial charge is 0.354 e. The zero-order valence-corrected chi connectivity index (χ0v) is 13.0. The van der Waals surface area contributed by atoms with Crippen LogP contribution in [-0.4, -0.2) is 40.4 Å². The van der Waals surface area contributed by atoms with Gasteiger partial charge in [-0.05, 0) is 30.9 Å². The molecule has 1 aromatic carbocycles. The summed E-state index contributed by atoms with van der Waals surface area (Å²) in [6.45, 7) is 2.74. The molecule has 2 aromatic rings. The second-order valence-corrected chi connectivity index (χ2v) is 5.74. The summed E-state index contributed by atoms with van der Waals surface area (Å²) < 4.78 is 1.40. The van der Waals surface area contributed by atoms with Gasteiger partial charge in [0.25, 0.3) is 5.56 Å². The molecule has 23 heavy (non-hydrogen) atoms. The van der Waals surface area contributed by atoms with E-state index in [4.69, 9.17) is 0 Å². The van der Waals surface area contributed by atoms with Crippen molar-refractivity contribution in [3.8, 4) is 0 Å². The smallest absolute Gasteiger partial charge is 0.258 e. The molecule has 2 heterocycles. The lowest BCUT2D eigenvalue weighted by atomic mass is 10.2. The van der Waals surface area contributed by atoms with Crippen LogP contribution in [0.1, 0.15) is 13.3 Å². The molecule has 0 aliphatic carbocycles. The standard InChI is InChI=1S/C17H19N3O3/c1-12-16(22)18-8-4-9-20(12)15(21)11-19-10-7-13-5-2-3-6-14(13)17(19)23/h2-3,5-7,10,12H,4,8-9,11H2,1H3,(H,18,22)/t12-/m0/s1. The first-order valence-electron chi connectivity index (χ1n) is 7.73. The minimum Gasteiger partial charge on any atom is -0.354 e. The van der Waals surface area contributed by atoms with E-state index in [0.29, 0.717) is 24.9 Å².